The number of fused-ring (bicyclic) bond motifs is 1. The first-order valence-electron chi connectivity index (χ1n) is 11.4. The predicted molar refractivity (Wildman–Crippen MR) is 149 cm³/mol. The fourth-order valence-electron chi connectivity index (χ4n) is 4.02. The predicted octanol–water partition coefficient (Wildman–Crippen LogP) is 5.69. The summed E-state index contributed by atoms with van der Waals surface area (Å²) in [5.41, 5.74) is 3.66. The van der Waals surface area contributed by atoms with Crippen molar-refractivity contribution in [3.8, 4) is 10.6 Å². The van der Waals surface area contributed by atoms with Crippen LogP contribution < -0.4 is 10.5 Å². The molecule has 0 aliphatic heterocycles. The topological polar surface area (TPSA) is 81.7 Å². The Balaban J connectivity index is 1.21. The number of hydrogen-bond donors (Lipinski definition) is 0. The van der Waals surface area contributed by atoms with Crippen molar-refractivity contribution < 1.29 is 0 Å². The van der Waals surface area contributed by atoms with E-state index in [9.17, 15) is 4.79 Å². The van der Waals surface area contributed by atoms with Crippen molar-refractivity contribution in [3.05, 3.63) is 105 Å². The summed E-state index contributed by atoms with van der Waals surface area (Å²) in [7, 11) is 1.94. The number of pyridine rings is 1. The largest absolute Gasteiger partial charge is 0.311 e. The Morgan fingerprint density at radius 3 is 2.57 bits per heavy atom. The lowest BCUT2D eigenvalue weighted by Gasteiger charge is -2.14. The van der Waals surface area contributed by atoms with E-state index in [2.05, 4.69) is 27.2 Å². The maximum absolute atomic E-state index is 12.0. The Morgan fingerprint density at radius 1 is 1.00 bits per heavy atom. The van der Waals surface area contributed by atoms with E-state index in [-0.39, 0.29) is 5.56 Å². The zero-order valence-electron chi connectivity index (χ0n) is 19.7. The van der Waals surface area contributed by atoms with E-state index in [1.54, 1.807) is 34.2 Å². The molecule has 37 heavy (non-hydrogen) atoms. The summed E-state index contributed by atoms with van der Waals surface area (Å²) in [5.74, 6) is 0.741. The second-order valence-corrected chi connectivity index (χ2v) is 11.0. The van der Waals surface area contributed by atoms with Crippen molar-refractivity contribution >= 4 is 56.3 Å². The molecule has 6 aromatic rings. The van der Waals surface area contributed by atoms with E-state index in [4.69, 9.17) is 16.6 Å². The van der Waals surface area contributed by atoms with Crippen molar-refractivity contribution in [2.45, 2.75) is 13.1 Å². The van der Waals surface area contributed by atoms with Crippen LogP contribution in [0.15, 0.2) is 83.5 Å². The summed E-state index contributed by atoms with van der Waals surface area (Å²) in [4.78, 5) is 28.7. The van der Waals surface area contributed by atoms with Crippen molar-refractivity contribution in [2.24, 2.45) is 0 Å². The van der Waals surface area contributed by atoms with Crippen molar-refractivity contribution in [1.29, 1.82) is 0 Å². The van der Waals surface area contributed by atoms with Crippen LogP contribution in [0.3, 0.4) is 0 Å². The summed E-state index contributed by atoms with van der Waals surface area (Å²) in [6.45, 7) is 1.13. The number of benzene rings is 1. The first kappa shape index (κ1) is 23.5. The van der Waals surface area contributed by atoms with Crippen LogP contribution in [-0.4, -0.2) is 36.3 Å². The van der Waals surface area contributed by atoms with Crippen molar-refractivity contribution in [1.82, 2.24) is 29.3 Å². The van der Waals surface area contributed by atoms with Gasteiger partial charge in [-0.05, 0) is 29.3 Å². The Labute approximate surface area is 225 Å². The lowest BCUT2D eigenvalue weighted by atomic mass is 10.1. The SMILES string of the molecule is CN(c1nc(-c2ccc(Cl)s2)cs1)c1ncnc2nn(Cc3ccc(Cn4ccccc4=O)cc3)cc12. The molecule has 1 aromatic carbocycles. The van der Waals surface area contributed by atoms with E-state index in [1.165, 1.54) is 17.7 Å². The molecule has 0 saturated carbocycles. The fraction of sp³-hybridized carbons (Fsp3) is 0.115. The van der Waals surface area contributed by atoms with Crippen LogP contribution in [0, 0.1) is 0 Å². The average molecular weight is 546 g/mol. The van der Waals surface area contributed by atoms with Crippen LogP contribution in [0.5, 0.6) is 0 Å². The summed E-state index contributed by atoms with van der Waals surface area (Å²) < 4.78 is 4.30. The molecule has 184 valence electrons. The fourth-order valence-corrected chi connectivity index (χ4v) is 5.89. The van der Waals surface area contributed by atoms with Crippen molar-refractivity contribution in [2.75, 3.05) is 11.9 Å². The molecule has 8 nitrogen and oxygen atoms in total. The molecule has 0 aliphatic carbocycles. The standard InChI is InChI=1S/C26H20ClN7OS2/c1-32(26-30-20(15-36-26)21-9-10-22(27)37-21)25-19-14-34(31-24(19)28-16-29-25)13-18-7-5-17(6-8-18)12-33-11-3-2-4-23(33)35/h2-11,14-16H,12-13H2,1H3. The number of thiophene rings is 1. The molecule has 6 rings (SSSR count). The van der Waals surface area contributed by atoms with Crippen LogP contribution in [0.2, 0.25) is 4.34 Å². The second kappa shape index (κ2) is 9.89. The zero-order chi connectivity index (χ0) is 25.4. The van der Waals surface area contributed by atoms with Gasteiger partial charge in [-0.15, -0.1) is 22.7 Å². The zero-order valence-corrected chi connectivity index (χ0v) is 22.0. The molecule has 5 heterocycles. The molecule has 0 N–H and O–H groups in total. The minimum atomic E-state index is -0.0124. The van der Waals surface area contributed by atoms with Gasteiger partial charge in [-0.3, -0.25) is 9.48 Å². The van der Waals surface area contributed by atoms with Gasteiger partial charge < -0.3 is 9.47 Å². The highest BCUT2D eigenvalue weighted by molar-refractivity contribution is 7.20. The van der Waals surface area contributed by atoms with Gasteiger partial charge in [0, 0.05) is 30.9 Å². The first-order chi connectivity index (χ1) is 18.0. The van der Waals surface area contributed by atoms with Gasteiger partial charge >= 0.3 is 0 Å². The molecule has 0 unspecified atom stereocenters. The molecule has 11 heteroatoms. The highest BCUT2D eigenvalue weighted by Gasteiger charge is 2.17. The van der Waals surface area contributed by atoms with Crippen LogP contribution in [0.1, 0.15) is 11.1 Å². The molecule has 0 fully saturated rings. The minimum absolute atomic E-state index is 0.0124. The van der Waals surface area contributed by atoms with E-state index in [0.717, 1.165) is 42.4 Å². The highest BCUT2D eigenvalue weighted by atomic mass is 35.5. The van der Waals surface area contributed by atoms with Gasteiger partial charge in [0.05, 0.1) is 33.4 Å². The Morgan fingerprint density at radius 2 is 1.81 bits per heavy atom. The lowest BCUT2D eigenvalue weighted by molar-refractivity contribution is 0.692. The Bertz CT molecular complexity index is 1750. The molecule has 0 aliphatic rings. The summed E-state index contributed by atoms with van der Waals surface area (Å²) in [5, 5.41) is 8.35. The molecular weight excluding hydrogens is 526 g/mol. The third kappa shape index (κ3) is 4.91. The lowest BCUT2D eigenvalue weighted by Crippen LogP contribution is -2.18. The van der Waals surface area contributed by atoms with E-state index in [1.807, 2.05) is 58.5 Å². The van der Waals surface area contributed by atoms with E-state index in [0.29, 0.717) is 18.7 Å². The monoisotopic (exact) mass is 545 g/mol. The quantitative estimate of drug-likeness (QED) is 0.256. The number of aromatic nitrogens is 6. The molecule has 0 bridgehead atoms. The minimum Gasteiger partial charge on any atom is -0.311 e. The number of thiazole rings is 1. The van der Waals surface area contributed by atoms with Gasteiger partial charge in [0.2, 0.25) is 0 Å². The van der Waals surface area contributed by atoms with E-state index >= 15 is 0 Å². The third-order valence-electron chi connectivity index (χ3n) is 5.88. The van der Waals surface area contributed by atoms with Crippen LogP contribution in [-0.2, 0) is 13.1 Å². The average Bonchev–Trinajstić information content (AvgIpc) is 3.65. The molecule has 5 aromatic heterocycles. The number of hydrogen-bond acceptors (Lipinski definition) is 8. The van der Waals surface area contributed by atoms with Gasteiger partial charge in [-0.25, -0.2) is 15.0 Å². The molecular formula is C26H20ClN7OS2. The van der Waals surface area contributed by atoms with Gasteiger partial charge in [-0.2, -0.15) is 5.10 Å². The first-order valence-corrected chi connectivity index (χ1v) is 13.5. The van der Waals surface area contributed by atoms with Crippen LogP contribution in [0.4, 0.5) is 10.9 Å². The number of halogens is 1. The van der Waals surface area contributed by atoms with Gasteiger partial charge in [0.25, 0.3) is 5.56 Å². The maximum atomic E-state index is 12.0. The van der Waals surface area contributed by atoms with Crippen molar-refractivity contribution in [3.63, 3.8) is 0 Å². The maximum Gasteiger partial charge on any atom is 0.250 e. The van der Waals surface area contributed by atoms with Gasteiger partial charge in [-0.1, -0.05) is 41.9 Å². The second-order valence-electron chi connectivity index (χ2n) is 8.42. The Kier molecular flexibility index (Phi) is 6.29. The molecule has 0 saturated heterocycles. The summed E-state index contributed by atoms with van der Waals surface area (Å²) in [6, 6.07) is 17.2. The third-order valence-corrected chi connectivity index (χ3v) is 8.06. The highest BCUT2D eigenvalue weighted by Crippen LogP contribution is 2.36. The number of rotatable bonds is 7. The molecule has 0 amide bonds. The number of nitrogens with zero attached hydrogens (tertiary/aromatic N) is 7. The van der Waals surface area contributed by atoms with Crippen LogP contribution >= 0.6 is 34.3 Å². The summed E-state index contributed by atoms with van der Waals surface area (Å²) >= 11 is 9.15. The normalized spacial score (nSPS) is 11.3. The molecule has 0 atom stereocenters. The smallest absolute Gasteiger partial charge is 0.250 e. The summed E-state index contributed by atoms with van der Waals surface area (Å²) in [6.07, 6.45) is 5.29. The van der Waals surface area contributed by atoms with Gasteiger partial charge in [0.15, 0.2) is 10.8 Å². The van der Waals surface area contributed by atoms with Gasteiger partial charge in [0.1, 0.15) is 12.1 Å². The number of anilines is 2. The molecule has 0 radical (unpaired) electrons. The van der Waals surface area contributed by atoms with E-state index < -0.39 is 0 Å². The molecule has 0 spiro atoms. The van der Waals surface area contributed by atoms with Crippen LogP contribution in [0.25, 0.3) is 21.6 Å². The Hall–Kier alpha value is -3.86.